The zero-order chi connectivity index (χ0) is 26.0. The van der Waals surface area contributed by atoms with Crippen LogP contribution >= 0.6 is 0 Å². The van der Waals surface area contributed by atoms with Gasteiger partial charge < -0.3 is 24.1 Å². The first-order chi connectivity index (χ1) is 14.5. The van der Waals surface area contributed by atoms with Gasteiger partial charge in [0.25, 0.3) is 0 Å². The van der Waals surface area contributed by atoms with Crippen molar-refractivity contribution in [3.8, 4) is 0 Å². The van der Waals surface area contributed by atoms with E-state index in [4.69, 9.17) is 13.9 Å². The van der Waals surface area contributed by atoms with Gasteiger partial charge in [-0.15, -0.1) is 0 Å². The van der Waals surface area contributed by atoms with Crippen LogP contribution in [-0.4, -0.2) is 61.8 Å². The van der Waals surface area contributed by atoms with Gasteiger partial charge in [-0.2, -0.15) is 0 Å². The van der Waals surface area contributed by atoms with Crippen molar-refractivity contribution >= 4 is 20.5 Å². The Morgan fingerprint density at radius 2 is 1.42 bits per heavy atom. The number of likely N-dealkylation sites (tertiary alicyclic amines) is 1. The highest BCUT2D eigenvalue weighted by Crippen LogP contribution is 2.40. The molecule has 1 rings (SSSR count). The quantitative estimate of drug-likeness (QED) is 0.444. The minimum atomic E-state index is -1.97. The third kappa shape index (κ3) is 10.2. The Labute approximate surface area is 203 Å². The highest BCUT2D eigenvalue weighted by molar-refractivity contribution is 6.74. The van der Waals surface area contributed by atoms with Gasteiger partial charge in [0.05, 0.1) is 6.10 Å². The molecule has 7 nitrogen and oxygen atoms in total. The molecule has 1 heterocycles. The number of hydrogen-bond donors (Lipinski definition) is 1. The lowest BCUT2D eigenvalue weighted by molar-refractivity contribution is 0.0173. The van der Waals surface area contributed by atoms with Gasteiger partial charge in [0.2, 0.25) is 0 Å². The molecule has 2 atom stereocenters. The van der Waals surface area contributed by atoms with Gasteiger partial charge in [0, 0.05) is 19.1 Å². The van der Waals surface area contributed by atoms with Crippen LogP contribution in [0.4, 0.5) is 9.59 Å². The third-order valence-corrected chi connectivity index (χ3v) is 10.7. The number of nitrogens with zero attached hydrogens (tertiary/aromatic N) is 1. The van der Waals surface area contributed by atoms with Crippen molar-refractivity contribution in [3.05, 3.63) is 0 Å². The molecule has 0 saturated carbocycles. The maximum absolute atomic E-state index is 13.1. The summed E-state index contributed by atoms with van der Waals surface area (Å²) in [6.07, 6.45) is 0.744. The molecule has 0 bridgehead atoms. The lowest BCUT2D eigenvalue weighted by Gasteiger charge is -2.38. The first-order valence-corrected chi connectivity index (χ1v) is 15.1. The fourth-order valence-corrected chi connectivity index (χ4v) is 4.98. The normalized spacial score (nSPS) is 20.6. The van der Waals surface area contributed by atoms with Gasteiger partial charge in [-0.25, -0.2) is 9.59 Å². The molecular formula is C25H50N2O5Si. The van der Waals surface area contributed by atoms with Gasteiger partial charge in [-0.05, 0) is 77.9 Å². The van der Waals surface area contributed by atoms with Gasteiger partial charge >= 0.3 is 12.2 Å². The highest BCUT2D eigenvalue weighted by atomic mass is 28.4. The van der Waals surface area contributed by atoms with Gasteiger partial charge in [0.1, 0.15) is 11.2 Å². The zero-order valence-electron chi connectivity index (χ0n) is 23.5. The van der Waals surface area contributed by atoms with E-state index in [1.807, 2.05) is 46.4 Å². The molecule has 33 heavy (non-hydrogen) atoms. The van der Waals surface area contributed by atoms with Crippen molar-refractivity contribution in [1.29, 1.82) is 0 Å². The van der Waals surface area contributed by atoms with E-state index in [9.17, 15) is 9.59 Å². The van der Waals surface area contributed by atoms with Crippen LogP contribution in [0.1, 0.15) is 89.0 Å². The summed E-state index contributed by atoms with van der Waals surface area (Å²) in [7, 11) is -1.97. The largest absolute Gasteiger partial charge is 0.444 e. The second-order valence-electron chi connectivity index (χ2n) is 13.7. The van der Waals surface area contributed by atoms with E-state index in [1.165, 1.54) is 0 Å². The van der Waals surface area contributed by atoms with Gasteiger partial charge in [0.15, 0.2) is 8.32 Å². The monoisotopic (exact) mass is 486 g/mol. The van der Waals surface area contributed by atoms with Crippen molar-refractivity contribution in [3.63, 3.8) is 0 Å². The summed E-state index contributed by atoms with van der Waals surface area (Å²) in [6, 6.07) is -0.0231. The maximum Gasteiger partial charge on any atom is 0.410 e. The Bertz CT molecular complexity index is 686. The topological polar surface area (TPSA) is 77.1 Å². The first kappa shape index (κ1) is 29.7. The molecule has 0 aromatic carbocycles. The summed E-state index contributed by atoms with van der Waals surface area (Å²) >= 11 is 0. The Morgan fingerprint density at radius 3 is 1.88 bits per heavy atom. The summed E-state index contributed by atoms with van der Waals surface area (Å²) in [5.74, 6) is 0. The van der Waals surface area contributed by atoms with Crippen molar-refractivity contribution in [1.82, 2.24) is 10.2 Å². The summed E-state index contributed by atoms with van der Waals surface area (Å²) in [5.41, 5.74) is -1.34. The highest BCUT2D eigenvalue weighted by Gasteiger charge is 2.45. The predicted octanol–water partition coefficient (Wildman–Crippen LogP) is 6.33. The third-order valence-electron chi connectivity index (χ3n) is 6.17. The second kappa shape index (κ2) is 10.1. The van der Waals surface area contributed by atoms with E-state index in [2.05, 4.69) is 53.0 Å². The number of nitrogens with one attached hydrogen (secondary N) is 1. The predicted molar refractivity (Wildman–Crippen MR) is 136 cm³/mol. The van der Waals surface area contributed by atoms with Crippen LogP contribution in [0.15, 0.2) is 0 Å². The van der Waals surface area contributed by atoms with Crippen molar-refractivity contribution in [2.45, 2.75) is 130 Å². The Morgan fingerprint density at radius 1 is 0.909 bits per heavy atom. The van der Waals surface area contributed by atoms with Crippen molar-refractivity contribution in [2.75, 3.05) is 13.1 Å². The summed E-state index contributed by atoms with van der Waals surface area (Å²) in [4.78, 5) is 27.0. The molecule has 0 unspecified atom stereocenters. The van der Waals surface area contributed by atoms with Crippen LogP contribution in [0, 0.1) is 5.41 Å². The van der Waals surface area contributed by atoms with E-state index in [0.29, 0.717) is 13.1 Å². The molecule has 194 valence electrons. The van der Waals surface area contributed by atoms with Crippen LogP contribution in [0.3, 0.4) is 0 Å². The van der Waals surface area contributed by atoms with E-state index in [1.54, 1.807) is 0 Å². The average Bonchev–Trinajstić information content (AvgIpc) is 2.89. The zero-order valence-corrected chi connectivity index (χ0v) is 24.5. The molecule has 2 amide bonds. The summed E-state index contributed by atoms with van der Waals surface area (Å²) < 4.78 is 17.8. The van der Waals surface area contributed by atoms with Crippen LogP contribution in [0.25, 0.3) is 0 Å². The number of alkyl carbamates (subject to hydrolysis) is 1. The smallest absolute Gasteiger partial charge is 0.410 e. The van der Waals surface area contributed by atoms with E-state index >= 15 is 0 Å². The molecule has 1 fully saturated rings. The molecule has 1 aliphatic heterocycles. The van der Waals surface area contributed by atoms with E-state index in [0.717, 1.165) is 12.8 Å². The summed E-state index contributed by atoms with van der Waals surface area (Å²) in [6.45, 7) is 27.5. The Balaban J connectivity index is 2.95. The Kier molecular flexibility index (Phi) is 9.14. The molecular weight excluding hydrogens is 436 g/mol. The number of ether oxygens (including phenoxy) is 2. The molecule has 0 aromatic heterocycles. The van der Waals surface area contributed by atoms with E-state index in [-0.39, 0.29) is 28.7 Å². The SMILES string of the molecule is CC(C)(CNC(=O)OC(C)(C)C)C[C@@H]1C[C@@H](O[Si](C)(C)C(C)(C)C)CN1C(=O)OC(C)(C)C. The molecule has 1 aliphatic rings. The van der Waals surface area contributed by atoms with Crippen LogP contribution in [0.2, 0.25) is 18.1 Å². The summed E-state index contributed by atoms with van der Waals surface area (Å²) in [5, 5.41) is 2.98. The van der Waals surface area contributed by atoms with Crippen molar-refractivity contribution < 1.29 is 23.5 Å². The lowest BCUT2D eigenvalue weighted by Crippen LogP contribution is -2.45. The second-order valence-corrected chi connectivity index (χ2v) is 18.5. The molecule has 0 aromatic rings. The van der Waals surface area contributed by atoms with Crippen LogP contribution in [-0.2, 0) is 13.9 Å². The fraction of sp³-hybridized carbons (Fsp3) is 0.920. The number of rotatable bonds is 6. The van der Waals surface area contributed by atoms with Gasteiger partial charge in [-0.1, -0.05) is 34.6 Å². The average molecular weight is 487 g/mol. The standard InChI is InChI=1S/C25H50N2O5Si/c1-22(2,3)30-20(28)26-17-25(10,11)15-18-14-19(32-33(12,13)24(7,8)9)16-27(18)21(29)31-23(4,5)6/h18-19H,14-17H2,1-13H3,(H,26,28)/t18-,19+/m0/s1. The van der Waals surface area contributed by atoms with Crippen molar-refractivity contribution in [2.24, 2.45) is 5.41 Å². The minimum Gasteiger partial charge on any atom is -0.444 e. The Hall–Kier alpha value is -1.28. The molecule has 0 radical (unpaired) electrons. The number of hydrogen-bond acceptors (Lipinski definition) is 5. The molecule has 8 heteroatoms. The molecule has 1 saturated heterocycles. The number of carbonyl (C=O) groups excluding carboxylic acids is 2. The maximum atomic E-state index is 13.1. The number of amides is 2. The minimum absolute atomic E-state index is 0.0157. The molecule has 1 N–H and O–H groups in total. The molecule has 0 spiro atoms. The van der Waals surface area contributed by atoms with Gasteiger partial charge in [-0.3, -0.25) is 0 Å². The van der Waals surface area contributed by atoms with E-state index < -0.39 is 25.6 Å². The van der Waals surface area contributed by atoms with Crippen LogP contribution < -0.4 is 5.32 Å². The fourth-order valence-electron chi connectivity index (χ4n) is 3.63. The number of carbonyl (C=O) groups is 2. The molecule has 0 aliphatic carbocycles. The first-order valence-electron chi connectivity index (χ1n) is 12.2. The van der Waals surface area contributed by atoms with Crippen LogP contribution in [0.5, 0.6) is 0 Å². The lowest BCUT2D eigenvalue weighted by atomic mass is 9.84.